The summed E-state index contributed by atoms with van der Waals surface area (Å²) in [5.41, 5.74) is 3.46. The quantitative estimate of drug-likeness (QED) is 0.617. The Labute approximate surface area is 190 Å². The van der Waals surface area contributed by atoms with Gasteiger partial charge in [-0.25, -0.2) is 13.9 Å². The van der Waals surface area contributed by atoms with Crippen molar-refractivity contribution in [2.75, 3.05) is 24.1 Å². The molecule has 3 heterocycles. The van der Waals surface area contributed by atoms with Crippen LogP contribution in [0.25, 0.3) is 0 Å². The maximum atomic E-state index is 15.2. The summed E-state index contributed by atoms with van der Waals surface area (Å²) in [7, 11) is 0. The molecular weight excluding hydrogens is 470 g/mol. The minimum atomic E-state index is -4.58. The largest absolute Gasteiger partial charge is 0.436 e. The first-order chi connectivity index (χ1) is 15.2. The number of hydrogen-bond acceptors (Lipinski definition) is 5. The molecule has 1 aromatic carbocycles. The molecular formula is C20H20ClF4N5O3. The van der Waals surface area contributed by atoms with Crippen molar-refractivity contribution in [2.45, 2.75) is 38.6 Å². The fraction of sp³-hybridized carbons (Fsp3) is 0.450. The summed E-state index contributed by atoms with van der Waals surface area (Å²) in [4.78, 5) is 26.9. The molecule has 2 amide bonds. The van der Waals surface area contributed by atoms with Crippen molar-refractivity contribution in [1.29, 1.82) is 0 Å². The zero-order valence-electron chi connectivity index (χ0n) is 17.6. The number of nitrogens with one attached hydrogen (secondary N) is 1. The fourth-order valence-corrected chi connectivity index (χ4v) is 4.79. The number of benzene rings is 1. The van der Waals surface area contributed by atoms with E-state index >= 15 is 4.39 Å². The third kappa shape index (κ3) is 4.19. The molecule has 4 rings (SSSR count). The number of carbonyl (C=O) groups is 2. The van der Waals surface area contributed by atoms with Crippen LogP contribution >= 0.6 is 11.6 Å². The first kappa shape index (κ1) is 23.1. The molecule has 0 bridgehead atoms. The zero-order valence-corrected chi connectivity index (χ0v) is 18.3. The van der Waals surface area contributed by atoms with Gasteiger partial charge in [-0.15, -0.1) is 0 Å². The Bertz CT molecular complexity index is 1150. The molecule has 2 aliphatic heterocycles. The number of amides is 2. The lowest BCUT2D eigenvalue weighted by Gasteiger charge is -2.50. The smallest absolute Gasteiger partial charge is 0.412 e. The topological polar surface area (TPSA) is 102 Å². The van der Waals surface area contributed by atoms with Gasteiger partial charge in [0.15, 0.2) is 11.4 Å². The summed E-state index contributed by atoms with van der Waals surface area (Å²) < 4.78 is 59.5. The first-order valence-corrected chi connectivity index (χ1v) is 10.2. The van der Waals surface area contributed by atoms with Crippen molar-refractivity contribution in [3.05, 3.63) is 40.3 Å². The Kier molecular flexibility index (Phi) is 5.26. The predicted octanol–water partition coefficient (Wildman–Crippen LogP) is 4.15. The van der Waals surface area contributed by atoms with Crippen molar-refractivity contribution < 1.29 is 31.9 Å². The molecule has 1 atom stereocenters. The Hall–Kier alpha value is -3.02. The number of piperidine rings is 1. The van der Waals surface area contributed by atoms with Crippen LogP contribution in [0, 0.1) is 11.2 Å². The highest BCUT2D eigenvalue weighted by atomic mass is 35.5. The Morgan fingerprint density at radius 3 is 2.70 bits per heavy atom. The van der Waals surface area contributed by atoms with Crippen LogP contribution in [0.5, 0.6) is 0 Å². The van der Waals surface area contributed by atoms with Crippen LogP contribution < -0.4 is 11.1 Å². The van der Waals surface area contributed by atoms with Crippen LogP contribution in [-0.4, -0.2) is 45.9 Å². The number of rotatable bonds is 2. The van der Waals surface area contributed by atoms with Crippen LogP contribution in [0.3, 0.4) is 0 Å². The number of nitrogens with two attached hydrogens (primary N) is 1. The minimum Gasteiger partial charge on any atom is -0.436 e. The third-order valence-electron chi connectivity index (χ3n) is 5.63. The normalized spacial score (nSPS) is 22.0. The molecule has 33 heavy (non-hydrogen) atoms. The van der Waals surface area contributed by atoms with E-state index in [-0.39, 0.29) is 41.3 Å². The first-order valence-electron chi connectivity index (χ1n) is 9.87. The minimum absolute atomic E-state index is 0.000846. The Morgan fingerprint density at radius 1 is 1.33 bits per heavy atom. The molecule has 1 aromatic heterocycles. The van der Waals surface area contributed by atoms with Crippen molar-refractivity contribution in [3.63, 3.8) is 0 Å². The van der Waals surface area contributed by atoms with E-state index in [4.69, 9.17) is 22.1 Å². The number of aromatic nitrogens is 2. The molecule has 0 radical (unpaired) electrons. The second kappa shape index (κ2) is 7.51. The molecule has 1 fully saturated rings. The molecule has 1 saturated heterocycles. The van der Waals surface area contributed by atoms with Gasteiger partial charge in [-0.05, 0) is 17.5 Å². The van der Waals surface area contributed by atoms with Gasteiger partial charge < -0.3 is 15.4 Å². The average molecular weight is 490 g/mol. The van der Waals surface area contributed by atoms with E-state index in [2.05, 4.69) is 10.4 Å². The van der Waals surface area contributed by atoms with Crippen molar-refractivity contribution in [1.82, 2.24) is 14.7 Å². The van der Waals surface area contributed by atoms with Gasteiger partial charge in [-0.1, -0.05) is 25.4 Å². The molecule has 3 N–H and O–H groups in total. The molecule has 13 heteroatoms. The standard InChI is InChI=1S/C20H20ClF4N5O3/c1-18(2)6-19(13-12(28-17(32)33-19)4-3-11(21)14(13)22)8-29(7-18)16(31)10-5-27-30(15(10)26)9-20(23,24)25/h3-5H,6-9,26H2,1-2H3,(H,28,32)/t19-/m0/s1. The van der Waals surface area contributed by atoms with E-state index in [0.29, 0.717) is 4.68 Å². The van der Waals surface area contributed by atoms with Gasteiger partial charge in [0.1, 0.15) is 17.9 Å². The third-order valence-corrected chi connectivity index (χ3v) is 5.92. The van der Waals surface area contributed by atoms with Crippen molar-refractivity contribution in [3.8, 4) is 0 Å². The van der Waals surface area contributed by atoms with Gasteiger partial charge in [0.25, 0.3) is 5.91 Å². The summed E-state index contributed by atoms with van der Waals surface area (Å²) in [6, 6.07) is 2.73. The number of carbonyl (C=O) groups excluding carboxylic acids is 2. The summed E-state index contributed by atoms with van der Waals surface area (Å²) in [5, 5.41) is 5.83. The highest BCUT2D eigenvalue weighted by Gasteiger charge is 2.53. The maximum Gasteiger partial charge on any atom is 0.412 e. The number of ether oxygens (including phenoxy) is 1. The highest BCUT2D eigenvalue weighted by Crippen LogP contribution is 2.49. The summed E-state index contributed by atoms with van der Waals surface area (Å²) >= 11 is 5.98. The summed E-state index contributed by atoms with van der Waals surface area (Å²) in [5.74, 6) is -1.96. The maximum absolute atomic E-state index is 15.2. The number of fused-ring (bicyclic) bond motifs is 2. The second-order valence-corrected chi connectivity index (χ2v) is 9.42. The van der Waals surface area contributed by atoms with E-state index in [0.717, 1.165) is 6.20 Å². The van der Waals surface area contributed by atoms with Gasteiger partial charge in [0.05, 0.1) is 29.0 Å². The Balaban J connectivity index is 1.75. The van der Waals surface area contributed by atoms with Gasteiger partial charge in [0, 0.05) is 13.0 Å². The molecule has 0 unspecified atom stereocenters. The molecule has 1 spiro atoms. The fourth-order valence-electron chi connectivity index (χ4n) is 4.64. The van der Waals surface area contributed by atoms with Crippen LogP contribution in [0.4, 0.5) is 33.9 Å². The van der Waals surface area contributed by atoms with Crippen LogP contribution in [0.1, 0.15) is 36.2 Å². The van der Waals surface area contributed by atoms with Gasteiger partial charge in [-0.3, -0.25) is 10.1 Å². The Morgan fingerprint density at radius 2 is 2.03 bits per heavy atom. The number of anilines is 2. The molecule has 0 aliphatic carbocycles. The number of likely N-dealkylation sites (tertiary alicyclic amines) is 1. The number of nitrogens with zero attached hydrogens (tertiary/aromatic N) is 3. The van der Waals surface area contributed by atoms with E-state index < -0.39 is 47.4 Å². The number of halogens is 5. The average Bonchev–Trinajstić information content (AvgIpc) is 3.01. The number of alkyl halides is 3. The number of hydrogen-bond donors (Lipinski definition) is 2. The summed E-state index contributed by atoms with van der Waals surface area (Å²) in [6.07, 6.45) is -4.28. The molecule has 178 valence electrons. The van der Waals surface area contributed by atoms with Gasteiger partial charge >= 0.3 is 12.3 Å². The molecule has 0 saturated carbocycles. The second-order valence-electron chi connectivity index (χ2n) is 9.01. The van der Waals surface area contributed by atoms with E-state index in [1.165, 1.54) is 17.0 Å². The van der Waals surface area contributed by atoms with Crippen molar-refractivity contribution in [2.24, 2.45) is 5.41 Å². The van der Waals surface area contributed by atoms with E-state index in [1.54, 1.807) is 13.8 Å². The lowest BCUT2D eigenvalue weighted by Crippen LogP contribution is -2.58. The lowest BCUT2D eigenvalue weighted by atomic mass is 9.71. The molecule has 2 aromatic rings. The van der Waals surface area contributed by atoms with Gasteiger partial charge in [0.2, 0.25) is 0 Å². The summed E-state index contributed by atoms with van der Waals surface area (Å²) in [6.45, 7) is 2.03. The van der Waals surface area contributed by atoms with Crippen LogP contribution in [0.2, 0.25) is 5.02 Å². The van der Waals surface area contributed by atoms with Crippen LogP contribution in [-0.2, 0) is 16.9 Å². The van der Waals surface area contributed by atoms with E-state index in [9.17, 15) is 22.8 Å². The molecule has 8 nitrogen and oxygen atoms in total. The van der Waals surface area contributed by atoms with Gasteiger partial charge in [-0.2, -0.15) is 18.3 Å². The lowest BCUT2D eigenvalue weighted by molar-refractivity contribution is -0.142. The zero-order chi connectivity index (χ0) is 24.3. The number of nitrogen functional groups attached to an aromatic ring is 1. The monoisotopic (exact) mass is 489 g/mol. The predicted molar refractivity (Wildman–Crippen MR) is 110 cm³/mol. The SMILES string of the molecule is CC1(C)CN(C(=O)c2cnn(CC(F)(F)F)c2N)C[C@]2(C1)OC(=O)Nc1ccc(Cl)c(F)c12. The van der Waals surface area contributed by atoms with Crippen LogP contribution in [0.15, 0.2) is 18.3 Å². The van der Waals surface area contributed by atoms with Crippen molar-refractivity contribution >= 4 is 35.1 Å². The highest BCUT2D eigenvalue weighted by molar-refractivity contribution is 6.31. The molecule has 2 aliphatic rings. The van der Waals surface area contributed by atoms with E-state index in [1.807, 2.05) is 0 Å².